The van der Waals surface area contributed by atoms with Gasteiger partial charge in [0, 0.05) is 49.3 Å². The van der Waals surface area contributed by atoms with Crippen molar-refractivity contribution < 1.29 is 4.39 Å². The average Bonchev–Trinajstić information content (AvgIpc) is 3.15. The first kappa shape index (κ1) is 19.9. The maximum absolute atomic E-state index is 13.2. The van der Waals surface area contributed by atoms with Crippen molar-refractivity contribution in [2.75, 3.05) is 35.8 Å². The SMILES string of the molecule is C=C(C)N(Cc1csc(N(C)c2ccc(F)cc2)n1)c1ccc(N(C)C)cc1. The van der Waals surface area contributed by atoms with E-state index in [0.29, 0.717) is 6.54 Å². The minimum absolute atomic E-state index is 0.241. The van der Waals surface area contributed by atoms with Gasteiger partial charge in [0.25, 0.3) is 0 Å². The highest BCUT2D eigenvalue weighted by Crippen LogP contribution is 2.29. The molecule has 0 aliphatic carbocycles. The first-order valence-electron chi connectivity index (χ1n) is 8.99. The van der Waals surface area contributed by atoms with E-state index >= 15 is 0 Å². The molecule has 3 rings (SSSR count). The van der Waals surface area contributed by atoms with Crippen molar-refractivity contribution in [2.24, 2.45) is 0 Å². The third-order valence-corrected chi connectivity index (χ3v) is 5.47. The fraction of sp³-hybridized carbons (Fsp3) is 0.227. The van der Waals surface area contributed by atoms with Crippen LogP contribution >= 0.6 is 11.3 Å². The number of hydrogen-bond donors (Lipinski definition) is 0. The molecule has 3 aromatic rings. The standard InChI is InChI=1S/C22H25FN4S/c1-16(2)27(21-12-10-19(11-13-21)25(3)4)14-18-15-28-22(24-18)26(5)20-8-6-17(23)7-9-20/h6-13,15H,1,14H2,2-5H3. The first-order valence-corrected chi connectivity index (χ1v) is 9.87. The van der Waals surface area contributed by atoms with Gasteiger partial charge in [0.05, 0.1) is 12.2 Å². The molecule has 0 bridgehead atoms. The summed E-state index contributed by atoms with van der Waals surface area (Å²) in [4.78, 5) is 11.0. The van der Waals surface area contributed by atoms with E-state index in [1.54, 1.807) is 23.5 Å². The van der Waals surface area contributed by atoms with Gasteiger partial charge in [-0.3, -0.25) is 0 Å². The molecule has 0 N–H and O–H groups in total. The molecule has 6 heteroatoms. The van der Waals surface area contributed by atoms with Crippen LogP contribution in [0.25, 0.3) is 0 Å². The smallest absolute Gasteiger partial charge is 0.189 e. The number of hydrogen-bond acceptors (Lipinski definition) is 5. The van der Waals surface area contributed by atoms with Gasteiger partial charge in [-0.25, -0.2) is 9.37 Å². The van der Waals surface area contributed by atoms with Crippen molar-refractivity contribution in [3.63, 3.8) is 0 Å². The predicted molar refractivity (Wildman–Crippen MR) is 118 cm³/mol. The minimum atomic E-state index is -0.241. The number of benzene rings is 2. The van der Waals surface area contributed by atoms with Crippen molar-refractivity contribution in [3.8, 4) is 0 Å². The molecule has 0 unspecified atom stereocenters. The van der Waals surface area contributed by atoms with Gasteiger partial charge in [-0.2, -0.15) is 0 Å². The van der Waals surface area contributed by atoms with Crippen LogP contribution in [0.1, 0.15) is 12.6 Å². The lowest BCUT2D eigenvalue weighted by Crippen LogP contribution is -2.20. The average molecular weight is 397 g/mol. The Labute approximate surface area is 170 Å². The topological polar surface area (TPSA) is 22.6 Å². The number of nitrogens with zero attached hydrogens (tertiary/aromatic N) is 4. The zero-order chi connectivity index (χ0) is 20.3. The minimum Gasteiger partial charge on any atom is -0.378 e. The third-order valence-electron chi connectivity index (χ3n) is 4.50. The molecule has 0 saturated carbocycles. The van der Waals surface area contributed by atoms with E-state index < -0.39 is 0 Å². The largest absolute Gasteiger partial charge is 0.378 e. The van der Waals surface area contributed by atoms with Crippen LogP contribution in [0.5, 0.6) is 0 Å². The van der Waals surface area contributed by atoms with Crippen LogP contribution in [0.3, 0.4) is 0 Å². The Balaban J connectivity index is 1.77. The zero-order valence-electron chi connectivity index (χ0n) is 16.7. The van der Waals surface area contributed by atoms with E-state index in [-0.39, 0.29) is 5.82 Å². The van der Waals surface area contributed by atoms with Gasteiger partial charge in [-0.05, 0) is 55.5 Å². The Morgan fingerprint density at radius 1 is 0.964 bits per heavy atom. The summed E-state index contributed by atoms with van der Waals surface area (Å²) in [5.41, 5.74) is 5.06. The lowest BCUT2D eigenvalue weighted by molar-refractivity contribution is 0.628. The van der Waals surface area contributed by atoms with Crippen molar-refractivity contribution in [1.82, 2.24) is 4.98 Å². The summed E-state index contributed by atoms with van der Waals surface area (Å²) in [7, 11) is 5.99. The normalized spacial score (nSPS) is 10.6. The molecule has 0 atom stereocenters. The van der Waals surface area contributed by atoms with Crippen molar-refractivity contribution in [2.45, 2.75) is 13.5 Å². The Morgan fingerprint density at radius 2 is 1.54 bits per heavy atom. The summed E-state index contributed by atoms with van der Waals surface area (Å²) in [5.74, 6) is -0.241. The van der Waals surface area contributed by atoms with Crippen LogP contribution in [-0.4, -0.2) is 26.1 Å². The Kier molecular flexibility index (Phi) is 5.99. The van der Waals surface area contributed by atoms with Gasteiger partial charge < -0.3 is 14.7 Å². The Morgan fingerprint density at radius 3 is 2.11 bits per heavy atom. The summed E-state index contributed by atoms with van der Waals surface area (Å²) < 4.78 is 13.2. The molecule has 0 aliphatic rings. The van der Waals surface area contributed by atoms with E-state index in [2.05, 4.69) is 46.0 Å². The highest BCUT2D eigenvalue weighted by atomic mass is 32.1. The van der Waals surface area contributed by atoms with Gasteiger partial charge in [0.15, 0.2) is 5.13 Å². The van der Waals surface area contributed by atoms with Gasteiger partial charge >= 0.3 is 0 Å². The molecule has 146 valence electrons. The van der Waals surface area contributed by atoms with E-state index in [1.807, 2.05) is 33.0 Å². The number of anilines is 4. The maximum atomic E-state index is 13.2. The lowest BCUT2D eigenvalue weighted by Gasteiger charge is -2.25. The number of rotatable bonds is 7. The first-order chi connectivity index (χ1) is 13.3. The summed E-state index contributed by atoms with van der Waals surface area (Å²) >= 11 is 1.57. The van der Waals surface area contributed by atoms with Crippen molar-refractivity contribution in [3.05, 3.63) is 77.7 Å². The molecule has 0 radical (unpaired) electrons. The van der Waals surface area contributed by atoms with Gasteiger partial charge in [-0.15, -0.1) is 11.3 Å². The van der Waals surface area contributed by atoms with Crippen LogP contribution in [0.15, 0.2) is 66.2 Å². The number of halogens is 1. The monoisotopic (exact) mass is 396 g/mol. The molecule has 1 heterocycles. The second-order valence-corrected chi connectivity index (χ2v) is 7.73. The van der Waals surface area contributed by atoms with Crippen LogP contribution in [-0.2, 0) is 6.54 Å². The molecule has 4 nitrogen and oxygen atoms in total. The molecule has 0 amide bonds. The molecular weight excluding hydrogens is 371 g/mol. The molecule has 28 heavy (non-hydrogen) atoms. The molecule has 1 aromatic heterocycles. The summed E-state index contributed by atoms with van der Waals surface area (Å²) in [6.07, 6.45) is 0. The van der Waals surface area contributed by atoms with Crippen molar-refractivity contribution >= 4 is 33.5 Å². The van der Waals surface area contributed by atoms with Gasteiger partial charge in [0.1, 0.15) is 5.82 Å². The number of thiazole rings is 1. The van der Waals surface area contributed by atoms with E-state index in [4.69, 9.17) is 4.98 Å². The zero-order valence-corrected chi connectivity index (χ0v) is 17.5. The molecule has 0 aliphatic heterocycles. The second kappa shape index (κ2) is 8.44. The summed E-state index contributed by atoms with van der Waals surface area (Å²) in [5, 5.41) is 2.92. The molecule has 0 spiro atoms. The molecule has 2 aromatic carbocycles. The predicted octanol–water partition coefficient (Wildman–Crippen LogP) is 5.66. The molecule has 0 fully saturated rings. The van der Waals surface area contributed by atoms with Crippen LogP contribution in [0, 0.1) is 5.82 Å². The number of allylic oxidation sites excluding steroid dienone is 1. The molecular formula is C22H25FN4S. The van der Waals surface area contributed by atoms with Crippen molar-refractivity contribution in [1.29, 1.82) is 0 Å². The van der Waals surface area contributed by atoms with E-state index in [0.717, 1.165) is 33.6 Å². The van der Waals surface area contributed by atoms with Crippen LogP contribution in [0.4, 0.5) is 26.6 Å². The van der Waals surface area contributed by atoms with Gasteiger partial charge in [-0.1, -0.05) is 6.58 Å². The summed E-state index contributed by atoms with van der Waals surface area (Å²) in [6.45, 7) is 6.77. The summed E-state index contributed by atoms with van der Waals surface area (Å²) in [6, 6.07) is 14.8. The van der Waals surface area contributed by atoms with E-state index in [1.165, 1.54) is 12.1 Å². The fourth-order valence-electron chi connectivity index (χ4n) is 2.84. The maximum Gasteiger partial charge on any atom is 0.189 e. The Hall–Kier alpha value is -2.86. The van der Waals surface area contributed by atoms with Gasteiger partial charge in [0.2, 0.25) is 0 Å². The highest BCUT2D eigenvalue weighted by molar-refractivity contribution is 7.13. The van der Waals surface area contributed by atoms with Crippen LogP contribution in [0.2, 0.25) is 0 Å². The molecule has 0 saturated heterocycles. The highest BCUT2D eigenvalue weighted by Gasteiger charge is 2.14. The second-order valence-electron chi connectivity index (χ2n) is 6.89. The quantitative estimate of drug-likeness (QED) is 0.514. The van der Waals surface area contributed by atoms with Crippen LogP contribution < -0.4 is 14.7 Å². The Bertz CT molecular complexity index is 932. The number of aromatic nitrogens is 1. The third kappa shape index (κ3) is 4.51. The fourth-order valence-corrected chi connectivity index (χ4v) is 3.64. The van der Waals surface area contributed by atoms with E-state index in [9.17, 15) is 4.39 Å². The lowest BCUT2D eigenvalue weighted by atomic mass is 10.2.